The second-order valence-electron chi connectivity index (χ2n) is 5.41. The first kappa shape index (κ1) is 15.9. The Kier molecular flexibility index (Phi) is 4.70. The molecule has 0 saturated carbocycles. The number of pyridine rings is 1. The number of fused-ring (bicyclic) bond motifs is 1. The van der Waals surface area contributed by atoms with E-state index >= 15 is 0 Å². The maximum absolute atomic E-state index is 13.5. The van der Waals surface area contributed by atoms with Crippen LogP contribution in [0.1, 0.15) is 22.5 Å². The van der Waals surface area contributed by atoms with Gasteiger partial charge in [-0.3, -0.25) is 0 Å². The molecule has 0 saturated heterocycles. The number of rotatable bonds is 6. The quantitative estimate of drug-likeness (QED) is 0.694. The number of hydrogen-bond acceptors (Lipinski definition) is 3. The molecule has 3 rings (SSSR count). The van der Waals surface area contributed by atoms with Crippen molar-refractivity contribution in [1.82, 2.24) is 4.98 Å². The van der Waals surface area contributed by atoms with Gasteiger partial charge in [-0.15, -0.1) is 0 Å². The zero-order valence-electron chi connectivity index (χ0n) is 12.9. The number of benzene rings is 2. The molecule has 2 aromatic carbocycles. The summed E-state index contributed by atoms with van der Waals surface area (Å²) in [5, 5.41) is 9.62. The van der Waals surface area contributed by atoms with Crippen LogP contribution in [0.4, 0.5) is 4.39 Å². The SMILES string of the molecule is O=C(O)c1cc(OCCCc2ccccc2)c2cc(F)ccc2n1. The summed E-state index contributed by atoms with van der Waals surface area (Å²) in [5.74, 6) is -1.22. The number of aromatic nitrogens is 1. The molecule has 5 heteroatoms. The first-order valence-electron chi connectivity index (χ1n) is 7.64. The fourth-order valence-electron chi connectivity index (χ4n) is 2.50. The molecule has 1 heterocycles. The largest absolute Gasteiger partial charge is 0.493 e. The van der Waals surface area contributed by atoms with E-state index in [-0.39, 0.29) is 5.69 Å². The molecule has 1 aromatic heterocycles. The van der Waals surface area contributed by atoms with E-state index in [1.807, 2.05) is 30.3 Å². The zero-order valence-corrected chi connectivity index (χ0v) is 12.9. The van der Waals surface area contributed by atoms with Gasteiger partial charge in [-0.1, -0.05) is 30.3 Å². The van der Waals surface area contributed by atoms with E-state index in [9.17, 15) is 9.18 Å². The number of carbonyl (C=O) groups is 1. The van der Waals surface area contributed by atoms with Gasteiger partial charge in [0.05, 0.1) is 12.1 Å². The Hall–Kier alpha value is -2.95. The van der Waals surface area contributed by atoms with E-state index in [1.165, 1.54) is 29.8 Å². The van der Waals surface area contributed by atoms with Crippen molar-refractivity contribution < 1.29 is 19.0 Å². The Morgan fingerprint density at radius 3 is 2.67 bits per heavy atom. The molecule has 0 fully saturated rings. The standard InChI is InChI=1S/C19H16FNO3/c20-14-8-9-16-15(11-14)18(12-17(21-16)19(22)23)24-10-4-7-13-5-2-1-3-6-13/h1-3,5-6,8-9,11-12H,4,7,10H2,(H,22,23). The molecule has 0 bridgehead atoms. The highest BCUT2D eigenvalue weighted by molar-refractivity contribution is 5.93. The molecule has 0 spiro atoms. The average Bonchev–Trinajstić information content (AvgIpc) is 2.59. The lowest BCUT2D eigenvalue weighted by Crippen LogP contribution is -2.05. The summed E-state index contributed by atoms with van der Waals surface area (Å²) >= 11 is 0. The predicted molar refractivity (Wildman–Crippen MR) is 88.9 cm³/mol. The van der Waals surface area contributed by atoms with Crippen molar-refractivity contribution in [3.63, 3.8) is 0 Å². The number of carboxylic acids is 1. The third-order valence-corrected chi connectivity index (χ3v) is 3.66. The summed E-state index contributed by atoms with van der Waals surface area (Å²) in [5.41, 5.74) is 1.49. The van der Waals surface area contributed by atoms with Gasteiger partial charge in [-0.2, -0.15) is 0 Å². The molecule has 0 aliphatic heterocycles. The van der Waals surface area contributed by atoms with Crippen LogP contribution in [0.2, 0.25) is 0 Å². The lowest BCUT2D eigenvalue weighted by Gasteiger charge is -2.10. The van der Waals surface area contributed by atoms with Gasteiger partial charge in [-0.25, -0.2) is 14.2 Å². The lowest BCUT2D eigenvalue weighted by atomic mass is 10.1. The Bertz CT molecular complexity index is 865. The van der Waals surface area contributed by atoms with Crippen molar-refractivity contribution in [2.75, 3.05) is 6.61 Å². The Labute approximate surface area is 138 Å². The average molecular weight is 325 g/mol. The number of halogens is 1. The number of nitrogens with zero attached hydrogens (tertiary/aromatic N) is 1. The van der Waals surface area contributed by atoms with Crippen molar-refractivity contribution in [2.45, 2.75) is 12.8 Å². The minimum Gasteiger partial charge on any atom is -0.493 e. The van der Waals surface area contributed by atoms with E-state index in [0.29, 0.717) is 23.3 Å². The highest BCUT2D eigenvalue weighted by atomic mass is 19.1. The van der Waals surface area contributed by atoms with Crippen LogP contribution in [0.5, 0.6) is 5.75 Å². The molecule has 0 aliphatic rings. The summed E-state index contributed by atoms with van der Waals surface area (Å²) in [7, 11) is 0. The normalized spacial score (nSPS) is 10.7. The second kappa shape index (κ2) is 7.08. The molecule has 4 nitrogen and oxygen atoms in total. The van der Waals surface area contributed by atoms with Gasteiger partial charge in [0.25, 0.3) is 0 Å². The smallest absolute Gasteiger partial charge is 0.354 e. The van der Waals surface area contributed by atoms with E-state index < -0.39 is 11.8 Å². The number of aryl methyl sites for hydroxylation is 1. The lowest BCUT2D eigenvalue weighted by molar-refractivity contribution is 0.0690. The Balaban J connectivity index is 1.77. The molecule has 24 heavy (non-hydrogen) atoms. The maximum Gasteiger partial charge on any atom is 0.354 e. The molecule has 122 valence electrons. The molecular weight excluding hydrogens is 309 g/mol. The first-order valence-corrected chi connectivity index (χ1v) is 7.64. The molecule has 0 aliphatic carbocycles. The second-order valence-corrected chi connectivity index (χ2v) is 5.41. The number of aromatic carboxylic acids is 1. The first-order chi connectivity index (χ1) is 11.6. The fraction of sp³-hybridized carbons (Fsp3) is 0.158. The van der Waals surface area contributed by atoms with Crippen LogP contribution in [0.3, 0.4) is 0 Å². The monoisotopic (exact) mass is 325 g/mol. The third kappa shape index (κ3) is 3.68. The van der Waals surface area contributed by atoms with Crippen molar-refractivity contribution in [1.29, 1.82) is 0 Å². The van der Waals surface area contributed by atoms with E-state index in [4.69, 9.17) is 9.84 Å². The molecule has 1 N–H and O–H groups in total. The predicted octanol–water partition coefficient (Wildman–Crippen LogP) is 4.08. The van der Waals surface area contributed by atoms with E-state index in [0.717, 1.165) is 12.8 Å². The van der Waals surface area contributed by atoms with Crippen LogP contribution in [-0.2, 0) is 6.42 Å². The number of hydrogen-bond donors (Lipinski definition) is 1. The highest BCUT2D eigenvalue weighted by Gasteiger charge is 2.12. The molecule has 0 atom stereocenters. The highest BCUT2D eigenvalue weighted by Crippen LogP contribution is 2.26. The minimum absolute atomic E-state index is 0.118. The molecule has 0 radical (unpaired) electrons. The number of ether oxygens (including phenoxy) is 1. The van der Waals surface area contributed by atoms with Gasteiger partial charge >= 0.3 is 5.97 Å². The minimum atomic E-state index is -1.14. The van der Waals surface area contributed by atoms with Crippen LogP contribution in [0, 0.1) is 5.82 Å². The fourth-order valence-corrected chi connectivity index (χ4v) is 2.50. The van der Waals surface area contributed by atoms with E-state index in [1.54, 1.807) is 0 Å². The summed E-state index contributed by atoms with van der Waals surface area (Å²) < 4.78 is 19.2. The van der Waals surface area contributed by atoms with Crippen molar-refractivity contribution in [3.8, 4) is 5.75 Å². The molecule has 0 amide bonds. The maximum atomic E-state index is 13.5. The Morgan fingerprint density at radius 1 is 1.12 bits per heavy atom. The summed E-state index contributed by atoms with van der Waals surface area (Å²) in [6.45, 7) is 0.406. The summed E-state index contributed by atoms with van der Waals surface area (Å²) in [6, 6.07) is 15.4. The van der Waals surface area contributed by atoms with Crippen molar-refractivity contribution in [2.24, 2.45) is 0 Å². The van der Waals surface area contributed by atoms with Gasteiger partial charge in [0, 0.05) is 11.5 Å². The van der Waals surface area contributed by atoms with Crippen LogP contribution < -0.4 is 4.74 Å². The van der Waals surface area contributed by atoms with Crippen LogP contribution in [0.15, 0.2) is 54.6 Å². The third-order valence-electron chi connectivity index (χ3n) is 3.66. The van der Waals surface area contributed by atoms with Gasteiger partial charge in [0.2, 0.25) is 0 Å². The molecule has 3 aromatic rings. The zero-order chi connectivity index (χ0) is 16.9. The van der Waals surface area contributed by atoms with Crippen LogP contribution in [-0.4, -0.2) is 22.7 Å². The Morgan fingerprint density at radius 2 is 1.92 bits per heavy atom. The van der Waals surface area contributed by atoms with Crippen molar-refractivity contribution >= 4 is 16.9 Å². The van der Waals surface area contributed by atoms with Gasteiger partial charge in [-0.05, 0) is 36.6 Å². The summed E-state index contributed by atoms with van der Waals surface area (Å²) in [4.78, 5) is 15.2. The van der Waals surface area contributed by atoms with Crippen LogP contribution in [0.25, 0.3) is 10.9 Å². The number of carboxylic acid groups (broad SMARTS) is 1. The topological polar surface area (TPSA) is 59.4 Å². The van der Waals surface area contributed by atoms with Gasteiger partial charge in [0.1, 0.15) is 11.6 Å². The van der Waals surface area contributed by atoms with Crippen molar-refractivity contribution in [3.05, 3.63) is 71.7 Å². The van der Waals surface area contributed by atoms with E-state index in [2.05, 4.69) is 4.98 Å². The van der Waals surface area contributed by atoms with Gasteiger partial charge < -0.3 is 9.84 Å². The van der Waals surface area contributed by atoms with Crippen LogP contribution >= 0.6 is 0 Å². The molecule has 0 unspecified atom stereocenters. The van der Waals surface area contributed by atoms with Gasteiger partial charge in [0.15, 0.2) is 5.69 Å². The molecular formula is C19H16FNO3. The summed E-state index contributed by atoms with van der Waals surface area (Å²) in [6.07, 6.45) is 1.62.